The maximum atomic E-state index is 11.6. The molecule has 86 valence electrons. The van der Waals surface area contributed by atoms with Crippen molar-refractivity contribution in [1.82, 2.24) is 4.98 Å². The Bertz CT molecular complexity index is 356. The van der Waals surface area contributed by atoms with Crippen LogP contribution in [-0.2, 0) is 4.74 Å². The van der Waals surface area contributed by atoms with E-state index in [0.717, 1.165) is 0 Å². The molecule has 0 atom stereocenters. The highest BCUT2D eigenvalue weighted by Gasteiger charge is 2.17. The van der Waals surface area contributed by atoms with Gasteiger partial charge in [-0.3, -0.25) is 0 Å². The van der Waals surface area contributed by atoms with Crippen molar-refractivity contribution in [3.63, 3.8) is 0 Å². The molecular formula is C12H16N2O2. The summed E-state index contributed by atoms with van der Waals surface area (Å²) in [5, 5.41) is 0. The van der Waals surface area contributed by atoms with Crippen LogP contribution in [0.4, 0.5) is 5.69 Å². The van der Waals surface area contributed by atoms with E-state index in [1.54, 1.807) is 12.1 Å². The molecule has 1 saturated carbocycles. The van der Waals surface area contributed by atoms with Gasteiger partial charge in [-0.15, -0.1) is 0 Å². The van der Waals surface area contributed by atoms with Crippen molar-refractivity contribution in [1.29, 1.82) is 0 Å². The number of anilines is 1. The van der Waals surface area contributed by atoms with Crippen molar-refractivity contribution in [3.8, 4) is 0 Å². The quantitative estimate of drug-likeness (QED) is 0.791. The maximum Gasteiger partial charge on any atom is 0.356 e. The Morgan fingerprint density at radius 3 is 2.81 bits per heavy atom. The SMILES string of the molecule is Nc1ccc(C(=O)OCC2CCCC2)nc1. The fourth-order valence-electron chi connectivity index (χ4n) is 1.97. The molecule has 0 spiro atoms. The van der Waals surface area contributed by atoms with E-state index in [0.29, 0.717) is 23.9 Å². The van der Waals surface area contributed by atoms with E-state index in [9.17, 15) is 4.79 Å². The van der Waals surface area contributed by atoms with Crippen LogP contribution in [0.25, 0.3) is 0 Å². The molecule has 2 N–H and O–H groups in total. The number of aromatic nitrogens is 1. The van der Waals surface area contributed by atoms with Gasteiger partial charge in [-0.25, -0.2) is 9.78 Å². The Morgan fingerprint density at radius 1 is 1.44 bits per heavy atom. The molecule has 2 rings (SSSR count). The molecule has 1 aromatic rings. The second-order valence-electron chi connectivity index (χ2n) is 4.23. The minimum Gasteiger partial charge on any atom is -0.461 e. The minimum atomic E-state index is -0.355. The molecule has 0 unspecified atom stereocenters. The van der Waals surface area contributed by atoms with Crippen LogP contribution < -0.4 is 5.73 Å². The normalized spacial score (nSPS) is 16.2. The lowest BCUT2D eigenvalue weighted by molar-refractivity contribution is 0.0436. The lowest BCUT2D eigenvalue weighted by Gasteiger charge is -2.09. The van der Waals surface area contributed by atoms with Crippen LogP contribution in [0, 0.1) is 5.92 Å². The molecule has 4 nitrogen and oxygen atoms in total. The first kappa shape index (κ1) is 10.9. The van der Waals surface area contributed by atoms with E-state index in [1.807, 2.05) is 0 Å². The largest absolute Gasteiger partial charge is 0.461 e. The molecule has 0 aromatic carbocycles. The maximum absolute atomic E-state index is 11.6. The van der Waals surface area contributed by atoms with Crippen LogP contribution in [0.2, 0.25) is 0 Å². The zero-order chi connectivity index (χ0) is 11.4. The van der Waals surface area contributed by atoms with Gasteiger partial charge in [0.2, 0.25) is 0 Å². The van der Waals surface area contributed by atoms with Gasteiger partial charge in [0.25, 0.3) is 0 Å². The minimum absolute atomic E-state index is 0.326. The second kappa shape index (κ2) is 4.96. The summed E-state index contributed by atoms with van der Waals surface area (Å²) < 4.78 is 5.21. The van der Waals surface area contributed by atoms with Gasteiger partial charge in [-0.05, 0) is 30.9 Å². The average Bonchev–Trinajstić information content (AvgIpc) is 2.80. The number of hydrogen-bond acceptors (Lipinski definition) is 4. The van der Waals surface area contributed by atoms with E-state index in [1.165, 1.54) is 31.9 Å². The zero-order valence-electron chi connectivity index (χ0n) is 9.19. The van der Waals surface area contributed by atoms with Gasteiger partial charge >= 0.3 is 5.97 Å². The first-order chi connectivity index (χ1) is 7.75. The van der Waals surface area contributed by atoms with Gasteiger partial charge in [0, 0.05) is 0 Å². The van der Waals surface area contributed by atoms with E-state index in [-0.39, 0.29) is 5.97 Å². The van der Waals surface area contributed by atoms with Crippen LogP contribution in [0.5, 0.6) is 0 Å². The molecule has 0 saturated heterocycles. The number of ether oxygens (including phenoxy) is 1. The van der Waals surface area contributed by atoms with Crippen LogP contribution in [-0.4, -0.2) is 17.6 Å². The molecular weight excluding hydrogens is 204 g/mol. The van der Waals surface area contributed by atoms with Gasteiger partial charge in [0.15, 0.2) is 0 Å². The van der Waals surface area contributed by atoms with Crippen LogP contribution in [0.3, 0.4) is 0 Å². The third kappa shape index (κ3) is 2.72. The smallest absolute Gasteiger partial charge is 0.356 e. The van der Waals surface area contributed by atoms with Gasteiger partial charge < -0.3 is 10.5 Å². The summed E-state index contributed by atoms with van der Waals surface area (Å²) in [4.78, 5) is 15.5. The Balaban J connectivity index is 1.85. The highest BCUT2D eigenvalue weighted by molar-refractivity contribution is 5.87. The lowest BCUT2D eigenvalue weighted by Crippen LogP contribution is -2.13. The molecule has 1 aromatic heterocycles. The Morgan fingerprint density at radius 2 is 2.19 bits per heavy atom. The Kier molecular flexibility index (Phi) is 3.39. The second-order valence-corrected chi connectivity index (χ2v) is 4.23. The number of carbonyl (C=O) groups is 1. The van der Waals surface area contributed by atoms with Crippen molar-refractivity contribution in [2.45, 2.75) is 25.7 Å². The standard InChI is InChI=1S/C12H16N2O2/c13-10-5-6-11(14-7-10)12(15)16-8-9-3-1-2-4-9/h5-7,9H,1-4,8,13H2. The summed E-state index contributed by atoms with van der Waals surface area (Å²) in [6.45, 7) is 0.519. The van der Waals surface area contributed by atoms with Crippen molar-refractivity contribution in [2.24, 2.45) is 5.92 Å². The van der Waals surface area contributed by atoms with Gasteiger partial charge in [-0.1, -0.05) is 12.8 Å². The molecule has 0 aliphatic heterocycles. The number of carbonyl (C=O) groups excluding carboxylic acids is 1. The average molecular weight is 220 g/mol. The van der Waals surface area contributed by atoms with Gasteiger partial charge in [0.05, 0.1) is 18.5 Å². The molecule has 1 aliphatic carbocycles. The van der Waals surface area contributed by atoms with Gasteiger partial charge in [-0.2, -0.15) is 0 Å². The molecule has 0 amide bonds. The molecule has 16 heavy (non-hydrogen) atoms. The molecule has 0 bridgehead atoms. The first-order valence-corrected chi connectivity index (χ1v) is 5.64. The number of nitrogens with two attached hydrogens (primary N) is 1. The molecule has 1 fully saturated rings. The number of nitrogens with zero attached hydrogens (tertiary/aromatic N) is 1. The summed E-state index contributed by atoms with van der Waals surface area (Å²) in [6.07, 6.45) is 6.31. The summed E-state index contributed by atoms with van der Waals surface area (Å²) in [5.41, 5.74) is 6.36. The Hall–Kier alpha value is -1.58. The summed E-state index contributed by atoms with van der Waals surface area (Å²) >= 11 is 0. The third-order valence-electron chi connectivity index (χ3n) is 2.92. The number of rotatable bonds is 3. The topological polar surface area (TPSA) is 65.2 Å². The fourth-order valence-corrected chi connectivity index (χ4v) is 1.97. The highest BCUT2D eigenvalue weighted by Crippen LogP contribution is 2.24. The van der Waals surface area contributed by atoms with E-state index in [2.05, 4.69) is 4.98 Å². The van der Waals surface area contributed by atoms with Crippen molar-refractivity contribution < 1.29 is 9.53 Å². The summed E-state index contributed by atoms with van der Waals surface area (Å²) in [6, 6.07) is 3.24. The fraction of sp³-hybridized carbons (Fsp3) is 0.500. The lowest BCUT2D eigenvalue weighted by atomic mass is 10.1. The van der Waals surface area contributed by atoms with E-state index < -0.39 is 0 Å². The predicted molar refractivity (Wildman–Crippen MR) is 60.9 cm³/mol. The first-order valence-electron chi connectivity index (χ1n) is 5.64. The molecule has 1 heterocycles. The highest BCUT2D eigenvalue weighted by atomic mass is 16.5. The van der Waals surface area contributed by atoms with Crippen LogP contribution in [0.15, 0.2) is 18.3 Å². The predicted octanol–water partition coefficient (Wildman–Crippen LogP) is 2.01. The van der Waals surface area contributed by atoms with E-state index >= 15 is 0 Å². The molecule has 4 heteroatoms. The number of hydrogen-bond donors (Lipinski definition) is 1. The van der Waals surface area contributed by atoms with E-state index in [4.69, 9.17) is 10.5 Å². The molecule has 1 aliphatic rings. The number of pyridine rings is 1. The molecule has 0 radical (unpaired) electrons. The van der Waals surface area contributed by atoms with Crippen molar-refractivity contribution >= 4 is 11.7 Å². The monoisotopic (exact) mass is 220 g/mol. The van der Waals surface area contributed by atoms with Crippen molar-refractivity contribution in [3.05, 3.63) is 24.0 Å². The Labute approximate surface area is 94.8 Å². The number of esters is 1. The zero-order valence-corrected chi connectivity index (χ0v) is 9.19. The van der Waals surface area contributed by atoms with Crippen molar-refractivity contribution in [2.75, 3.05) is 12.3 Å². The van der Waals surface area contributed by atoms with Crippen LogP contribution in [0.1, 0.15) is 36.2 Å². The van der Waals surface area contributed by atoms with Crippen LogP contribution >= 0.6 is 0 Å². The number of nitrogen functional groups attached to an aromatic ring is 1. The summed E-state index contributed by atoms with van der Waals surface area (Å²) in [5.74, 6) is 0.185. The van der Waals surface area contributed by atoms with Gasteiger partial charge in [0.1, 0.15) is 5.69 Å². The third-order valence-corrected chi connectivity index (χ3v) is 2.92. The summed E-state index contributed by atoms with van der Waals surface area (Å²) in [7, 11) is 0.